The van der Waals surface area contributed by atoms with Crippen molar-refractivity contribution in [2.24, 2.45) is 5.92 Å². The smallest absolute Gasteiger partial charge is 0.226 e. The molecule has 2 aliphatic heterocycles. The first-order valence-corrected chi connectivity index (χ1v) is 11.0. The fourth-order valence-electron chi connectivity index (χ4n) is 4.31. The number of carbonyl (C=O) groups excluding carboxylic acids is 1. The van der Waals surface area contributed by atoms with Gasteiger partial charge in [0.15, 0.2) is 5.82 Å². The zero-order valence-electron chi connectivity index (χ0n) is 17.7. The Morgan fingerprint density at radius 2 is 1.87 bits per heavy atom. The van der Waals surface area contributed by atoms with Gasteiger partial charge in [0.2, 0.25) is 11.8 Å². The van der Waals surface area contributed by atoms with Gasteiger partial charge in [-0.15, -0.1) is 0 Å². The summed E-state index contributed by atoms with van der Waals surface area (Å²) < 4.78 is 16.1. The molecule has 2 aromatic rings. The third-order valence-electron chi connectivity index (χ3n) is 6.29. The molecule has 2 fully saturated rings. The number of rotatable bonds is 7. The molecule has 7 nitrogen and oxygen atoms in total. The molecule has 0 saturated carbocycles. The number of aryl methyl sites for hydroxylation is 1. The molecular weight excluding hydrogens is 382 g/mol. The van der Waals surface area contributed by atoms with Crippen LogP contribution in [-0.4, -0.2) is 54.4 Å². The molecule has 1 aromatic carbocycles. The fraction of sp³-hybridized carbons (Fsp3) is 0.609. The van der Waals surface area contributed by atoms with E-state index in [9.17, 15) is 4.79 Å². The van der Waals surface area contributed by atoms with E-state index in [-0.39, 0.29) is 5.91 Å². The first-order chi connectivity index (χ1) is 14.7. The second-order valence-corrected chi connectivity index (χ2v) is 8.31. The van der Waals surface area contributed by atoms with Gasteiger partial charge >= 0.3 is 0 Å². The van der Waals surface area contributed by atoms with Crippen LogP contribution in [-0.2, 0) is 22.4 Å². The Bertz CT molecular complexity index is 806. The van der Waals surface area contributed by atoms with E-state index in [1.54, 1.807) is 7.11 Å². The van der Waals surface area contributed by atoms with E-state index in [1.165, 1.54) is 0 Å². The van der Waals surface area contributed by atoms with Crippen LogP contribution in [0.1, 0.15) is 55.3 Å². The number of aromatic nitrogens is 2. The third-order valence-corrected chi connectivity index (χ3v) is 6.29. The summed E-state index contributed by atoms with van der Waals surface area (Å²) in [6, 6.07) is 7.93. The molecule has 0 N–H and O–H groups in total. The number of amides is 1. The number of methoxy groups -OCH3 is 1. The number of likely N-dealkylation sites (tertiary alicyclic amines) is 1. The number of benzene rings is 1. The summed E-state index contributed by atoms with van der Waals surface area (Å²) in [6.45, 7) is 3.18. The summed E-state index contributed by atoms with van der Waals surface area (Å²) in [5.41, 5.74) is 1.16. The monoisotopic (exact) mass is 413 g/mol. The van der Waals surface area contributed by atoms with Crippen LogP contribution in [0.5, 0.6) is 5.75 Å². The maximum atomic E-state index is 12.6. The Labute approximate surface area is 177 Å². The SMILES string of the molecule is COc1ccc(CCC(=O)N2CCC(Cc3nc(C4CCOCC4)no3)CC2)cc1. The van der Waals surface area contributed by atoms with Crippen molar-refractivity contribution in [1.82, 2.24) is 15.0 Å². The lowest BCUT2D eigenvalue weighted by Crippen LogP contribution is -2.39. The van der Waals surface area contributed by atoms with E-state index in [4.69, 9.17) is 14.0 Å². The van der Waals surface area contributed by atoms with Gasteiger partial charge in [0.1, 0.15) is 5.75 Å². The highest BCUT2D eigenvalue weighted by Crippen LogP contribution is 2.26. The zero-order chi connectivity index (χ0) is 20.8. The van der Waals surface area contributed by atoms with Gasteiger partial charge in [0.05, 0.1) is 7.11 Å². The molecule has 2 aliphatic rings. The highest BCUT2D eigenvalue weighted by Gasteiger charge is 2.26. The summed E-state index contributed by atoms with van der Waals surface area (Å²) in [4.78, 5) is 19.2. The number of hydrogen-bond acceptors (Lipinski definition) is 6. The van der Waals surface area contributed by atoms with Crippen molar-refractivity contribution < 1.29 is 18.8 Å². The molecule has 2 saturated heterocycles. The Balaban J connectivity index is 1.19. The molecule has 0 atom stereocenters. The van der Waals surface area contributed by atoms with Gasteiger partial charge in [0.25, 0.3) is 0 Å². The van der Waals surface area contributed by atoms with Crippen LogP contribution in [0.15, 0.2) is 28.8 Å². The number of ether oxygens (including phenoxy) is 2. The molecule has 3 heterocycles. The number of hydrogen-bond donors (Lipinski definition) is 0. The van der Waals surface area contributed by atoms with Crippen LogP contribution in [0.3, 0.4) is 0 Å². The third kappa shape index (κ3) is 5.39. The predicted octanol–water partition coefficient (Wildman–Crippen LogP) is 3.39. The van der Waals surface area contributed by atoms with Gasteiger partial charge in [-0.05, 0) is 55.7 Å². The first-order valence-electron chi connectivity index (χ1n) is 11.0. The molecule has 1 aromatic heterocycles. The molecule has 162 valence electrons. The topological polar surface area (TPSA) is 77.7 Å². The minimum atomic E-state index is 0.240. The molecule has 1 amide bonds. The van der Waals surface area contributed by atoms with Crippen molar-refractivity contribution >= 4 is 5.91 Å². The average Bonchev–Trinajstić information content (AvgIpc) is 3.27. The molecule has 4 rings (SSSR count). The second kappa shape index (κ2) is 10.1. The predicted molar refractivity (Wildman–Crippen MR) is 111 cm³/mol. The largest absolute Gasteiger partial charge is 0.497 e. The van der Waals surface area contributed by atoms with Crippen LogP contribution >= 0.6 is 0 Å². The van der Waals surface area contributed by atoms with Gasteiger partial charge < -0.3 is 18.9 Å². The minimum Gasteiger partial charge on any atom is -0.497 e. The highest BCUT2D eigenvalue weighted by molar-refractivity contribution is 5.76. The van der Waals surface area contributed by atoms with E-state index in [2.05, 4.69) is 10.1 Å². The van der Waals surface area contributed by atoms with Crippen molar-refractivity contribution in [3.8, 4) is 5.75 Å². The number of nitrogens with zero attached hydrogens (tertiary/aromatic N) is 3. The number of carbonyl (C=O) groups is 1. The Kier molecular flexibility index (Phi) is 7.00. The normalized spacial score (nSPS) is 18.5. The van der Waals surface area contributed by atoms with Crippen LogP contribution in [0.25, 0.3) is 0 Å². The van der Waals surface area contributed by atoms with Crippen LogP contribution in [0.4, 0.5) is 0 Å². The van der Waals surface area contributed by atoms with Crippen molar-refractivity contribution in [2.75, 3.05) is 33.4 Å². The molecule has 30 heavy (non-hydrogen) atoms. The van der Waals surface area contributed by atoms with E-state index in [0.717, 1.165) is 87.9 Å². The molecule has 0 radical (unpaired) electrons. The average molecular weight is 414 g/mol. The van der Waals surface area contributed by atoms with Crippen molar-refractivity contribution in [3.63, 3.8) is 0 Å². The van der Waals surface area contributed by atoms with Crippen LogP contribution in [0.2, 0.25) is 0 Å². The molecule has 0 bridgehead atoms. The summed E-state index contributed by atoms with van der Waals surface area (Å²) in [6.07, 6.45) is 6.04. The fourth-order valence-corrected chi connectivity index (χ4v) is 4.31. The summed E-state index contributed by atoms with van der Waals surface area (Å²) in [7, 11) is 1.66. The van der Waals surface area contributed by atoms with Gasteiger partial charge in [0, 0.05) is 45.1 Å². The highest BCUT2D eigenvalue weighted by atomic mass is 16.5. The minimum absolute atomic E-state index is 0.240. The van der Waals surface area contributed by atoms with Crippen molar-refractivity contribution in [2.45, 2.75) is 50.9 Å². The molecule has 7 heteroatoms. The first kappa shape index (κ1) is 20.8. The molecule has 0 aliphatic carbocycles. The van der Waals surface area contributed by atoms with Crippen LogP contribution < -0.4 is 4.74 Å². The van der Waals surface area contributed by atoms with Gasteiger partial charge in [-0.1, -0.05) is 17.3 Å². The van der Waals surface area contributed by atoms with E-state index in [1.807, 2.05) is 29.2 Å². The quantitative estimate of drug-likeness (QED) is 0.692. The summed E-state index contributed by atoms with van der Waals surface area (Å²) in [5, 5.41) is 4.20. The molecular formula is C23H31N3O4. The summed E-state index contributed by atoms with van der Waals surface area (Å²) in [5.74, 6) is 3.51. The Hall–Kier alpha value is -2.41. The lowest BCUT2D eigenvalue weighted by molar-refractivity contribution is -0.132. The maximum absolute atomic E-state index is 12.6. The van der Waals surface area contributed by atoms with Gasteiger partial charge in [-0.2, -0.15) is 4.98 Å². The lowest BCUT2D eigenvalue weighted by atomic mass is 9.93. The van der Waals surface area contributed by atoms with Crippen molar-refractivity contribution in [3.05, 3.63) is 41.5 Å². The second-order valence-electron chi connectivity index (χ2n) is 8.31. The van der Waals surface area contributed by atoms with Crippen LogP contribution in [0, 0.1) is 5.92 Å². The zero-order valence-corrected chi connectivity index (χ0v) is 17.7. The van der Waals surface area contributed by atoms with Gasteiger partial charge in [-0.25, -0.2) is 0 Å². The molecule has 0 unspecified atom stereocenters. The maximum Gasteiger partial charge on any atom is 0.226 e. The molecule has 0 spiro atoms. The Morgan fingerprint density at radius 1 is 1.13 bits per heavy atom. The standard InChI is InChI=1S/C23H31N3O4/c1-28-20-5-2-17(3-6-20)4-7-22(27)26-12-8-18(9-13-26)16-21-24-23(25-30-21)19-10-14-29-15-11-19/h2-3,5-6,18-19H,4,7-16H2,1H3. The lowest BCUT2D eigenvalue weighted by Gasteiger charge is -2.31. The van der Waals surface area contributed by atoms with E-state index < -0.39 is 0 Å². The Morgan fingerprint density at radius 3 is 2.57 bits per heavy atom. The van der Waals surface area contributed by atoms with E-state index in [0.29, 0.717) is 18.3 Å². The van der Waals surface area contributed by atoms with Crippen molar-refractivity contribution in [1.29, 1.82) is 0 Å². The van der Waals surface area contributed by atoms with E-state index >= 15 is 0 Å². The summed E-state index contributed by atoms with van der Waals surface area (Å²) >= 11 is 0. The van der Waals surface area contributed by atoms with Gasteiger partial charge in [-0.3, -0.25) is 4.79 Å². The number of piperidine rings is 1.